The van der Waals surface area contributed by atoms with Crippen molar-refractivity contribution in [2.24, 2.45) is 4.99 Å². The van der Waals surface area contributed by atoms with Crippen molar-refractivity contribution in [2.75, 3.05) is 44.7 Å². The number of aromatic nitrogens is 3. The highest BCUT2D eigenvalue weighted by atomic mass is 16.3. The molecule has 2 aromatic heterocycles. The lowest BCUT2D eigenvalue weighted by molar-refractivity contribution is -0.131. The molecule has 4 bridgehead atoms. The lowest BCUT2D eigenvalue weighted by atomic mass is 10.1. The van der Waals surface area contributed by atoms with E-state index in [1.807, 2.05) is 17.0 Å². The summed E-state index contributed by atoms with van der Waals surface area (Å²) in [7, 11) is 2.12. The zero-order valence-corrected chi connectivity index (χ0v) is 19.6. The predicted molar refractivity (Wildman–Crippen MR) is 133 cm³/mol. The van der Waals surface area contributed by atoms with E-state index in [-0.39, 0.29) is 11.8 Å². The molecule has 0 saturated carbocycles. The summed E-state index contributed by atoms with van der Waals surface area (Å²) in [5.41, 5.74) is 3.16. The summed E-state index contributed by atoms with van der Waals surface area (Å²) in [6.45, 7) is 4.54. The summed E-state index contributed by atoms with van der Waals surface area (Å²) in [4.78, 5) is 35.6. The first kappa shape index (κ1) is 22.3. The molecule has 3 aliphatic rings. The van der Waals surface area contributed by atoms with Crippen LogP contribution in [0.15, 0.2) is 35.6 Å². The monoisotopic (exact) mass is 461 g/mol. The molecule has 2 N–H and O–H groups in total. The van der Waals surface area contributed by atoms with Crippen LogP contribution in [0.3, 0.4) is 0 Å². The third-order valence-corrected chi connectivity index (χ3v) is 6.66. The normalized spacial score (nSPS) is 18.6. The Balaban J connectivity index is 1.51. The predicted octanol–water partition coefficient (Wildman–Crippen LogP) is 3.07. The summed E-state index contributed by atoms with van der Waals surface area (Å²) in [5, 5.41) is 11.4. The number of nitrogens with zero attached hydrogens (tertiary/aromatic N) is 6. The Morgan fingerprint density at radius 2 is 1.82 bits per heavy atom. The van der Waals surface area contributed by atoms with E-state index in [2.05, 4.69) is 48.9 Å². The smallest absolute Gasteiger partial charge is 0.222 e. The summed E-state index contributed by atoms with van der Waals surface area (Å²) in [6.07, 6.45) is 6.85. The standard InChI is InChI=1S/C25H31N7O2/c1-30-9-4-2-3-8-21(33)31-10-12-32(13-11-31)24-22-20(25(34)29-23(22)27-17-28-24)15-26-19-7-5-6-18(14-19)16-30/h5-7,14-15,17,34H,2-4,8-13,16H2,1H3,(H,27,28,29). The van der Waals surface area contributed by atoms with Gasteiger partial charge in [-0.3, -0.25) is 9.79 Å². The van der Waals surface area contributed by atoms with Gasteiger partial charge in [-0.2, -0.15) is 0 Å². The maximum absolute atomic E-state index is 12.7. The number of anilines is 1. The molecule has 6 rings (SSSR count). The molecular weight excluding hydrogens is 430 g/mol. The number of aliphatic imine (C=N–C) groups is 1. The van der Waals surface area contributed by atoms with Crippen LogP contribution in [-0.2, 0) is 11.3 Å². The van der Waals surface area contributed by atoms with Crippen LogP contribution in [0.1, 0.15) is 36.8 Å². The summed E-state index contributed by atoms with van der Waals surface area (Å²) >= 11 is 0. The molecular formula is C25H31N7O2. The van der Waals surface area contributed by atoms with Crippen molar-refractivity contribution < 1.29 is 9.90 Å². The molecule has 3 aliphatic heterocycles. The molecule has 1 aromatic carbocycles. The minimum absolute atomic E-state index is 0.0207. The molecule has 178 valence electrons. The van der Waals surface area contributed by atoms with Gasteiger partial charge < -0.3 is 24.8 Å². The molecule has 5 heterocycles. The number of piperazine rings is 1. The first-order chi connectivity index (χ1) is 16.6. The van der Waals surface area contributed by atoms with Crippen LogP contribution in [-0.4, -0.2) is 81.8 Å². The molecule has 1 saturated heterocycles. The van der Waals surface area contributed by atoms with Crippen molar-refractivity contribution in [1.82, 2.24) is 24.8 Å². The third kappa shape index (κ3) is 4.75. The molecule has 0 spiro atoms. The zero-order chi connectivity index (χ0) is 23.5. The van der Waals surface area contributed by atoms with Gasteiger partial charge in [0.25, 0.3) is 0 Å². The molecule has 0 atom stereocenters. The van der Waals surface area contributed by atoms with Gasteiger partial charge in [0.2, 0.25) is 5.91 Å². The van der Waals surface area contributed by atoms with E-state index in [0.29, 0.717) is 43.8 Å². The van der Waals surface area contributed by atoms with Crippen molar-refractivity contribution in [3.63, 3.8) is 0 Å². The molecule has 0 radical (unpaired) electrons. The first-order valence-electron chi connectivity index (χ1n) is 12.0. The van der Waals surface area contributed by atoms with Crippen LogP contribution in [0.25, 0.3) is 11.0 Å². The molecule has 1 fully saturated rings. The van der Waals surface area contributed by atoms with Crippen molar-refractivity contribution in [3.05, 3.63) is 41.7 Å². The number of carbonyl (C=O) groups is 1. The van der Waals surface area contributed by atoms with E-state index in [4.69, 9.17) is 0 Å². The van der Waals surface area contributed by atoms with Gasteiger partial charge in [-0.15, -0.1) is 0 Å². The van der Waals surface area contributed by atoms with Gasteiger partial charge in [0.1, 0.15) is 17.8 Å². The van der Waals surface area contributed by atoms with Crippen molar-refractivity contribution in [2.45, 2.75) is 32.2 Å². The minimum Gasteiger partial charge on any atom is -0.494 e. The highest BCUT2D eigenvalue weighted by Gasteiger charge is 2.25. The van der Waals surface area contributed by atoms with E-state index < -0.39 is 0 Å². The number of H-pyrrole nitrogens is 1. The highest BCUT2D eigenvalue weighted by molar-refractivity contribution is 6.06. The molecule has 3 aromatic rings. The molecule has 9 nitrogen and oxygen atoms in total. The SMILES string of the molecule is CN1CCCCCC(=O)N2CCN(CC2)c2ncnc3[nH]c(O)c(c23)C=Nc2cccc(c2)C1. The fourth-order valence-corrected chi connectivity index (χ4v) is 4.81. The topological polar surface area (TPSA) is 101 Å². The van der Waals surface area contributed by atoms with Gasteiger partial charge in [0.15, 0.2) is 5.88 Å². The van der Waals surface area contributed by atoms with E-state index in [0.717, 1.165) is 49.2 Å². The maximum atomic E-state index is 12.7. The lowest BCUT2D eigenvalue weighted by Crippen LogP contribution is -2.49. The second kappa shape index (κ2) is 9.80. The van der Waals surface area contributed by atoms with Crippen molar-refractivity contribution in [1.29, 1.82) is 0 Å². The zero-order valence-electron chi connectivity index (χ0n) is 19.6. The maximum Gasteiger partial charge on any atom is 0.222 e. The van der Waals surface area contributed by atoms with Crippen LogP contribution in [0, 0.1) is 0 Å². The second-order valence-electron chi connectivity index (χ2n) is 9.15. The van der Waals surface area contributed by atoms with Crippen molar-refractivity contribution in [3.8, 4) is 5.88 Å². The third-order valence-electron chi connectivity index (χ3n) is 6.66. The molecule has 0 unspecified atom stereocenters. The average molecular weight is 462 g/mol. The van der Waals surface area contributed by atoms with Crippen LogP contribution < -0.4 is 4.90 Å². The number of hydrogen-bond donors (Lipinski definition) is 2. The summed E-state index contributed by atoms with van der Waals surface area (Å²) < 4.78 is 0. The fourth-order valence-electron chi connectivity index (χ4n) is 4.81. The Kier molecular flexibility index (Phi) is 6.44. The Bertz CT molecular complexity index is 1200. The summed E-state index contributed by atoms with van der Waals surface area (Å²) in [5.74, 6) is 1.01. The Hall–Kier alpha value is -3.46. The second-order valence-corrected chi connectivity index (χ2v) is 9.15. The van der Waals surface area contributed by atoms with Gasteiger partial charge in [-0.25, -0.2) is 9.97 Å². The first-order valence-corrected chi connectivity index (χ1v) is 12.0. The average Bonchev–Trinajstić information content (AvgIpc) is 3.17. The molecule has 34 heavy (non-hydrogen) atoms. The van der Waals surface area contributed by atoms with E-state index in [1.54, 1.807) is 6.21 Å². The van der Waals surface area contributed by atoms with Gasteiger partial charge in [-0.05, 0) is 44.1 Å². The largest absolute Gasteiger partial charge is 0.494 e. The Labute approximate surface area is 199 Å². The van der Waals surface area contributed by atoms with Gasteiger partial charge in [-0.1, -0.05) is 18.6 Å². The van der Waals surface area contributed by atoms with Crippen LogP contribution in [0.5, 0.6) is 5.88 Å². The van der Waals surface area contributed by atoms with Gasteiger partial charge in [0, 0.05) is 45.4 Å². The lowest BCUT2D eigenvalue weighted by Gasteiger charge is -2.35. The van der Waals surface area contributed by atoms with E-state index in [9.17, 15) is 9.90 Å². The number of rotatable bonds is 0. The number of aromatic amines is 1. The fraction of sp³-hybridized carbons (Fsp3) is 0.440. The molecule has 9 heteroatoms. The molecule has 0 aliphatic carbocycles. The van der Waals surface area contributed by atoms with E-state index in [1.165, 1.54) is 11.9 Å². The van der Waals surface area contributed by atoms with Crippen molar-refractivity contribution >= 4 is 34.7 Å². The number of hydrogen-bond acceptors (Lipinski definition) is 7. The van der Waals surface area contributed by atoms with Crippen LogP contribution >= 0.6 is 0 Å². The van der Waals surface area contributed by atoms with E-state index >= 15 is 0 Å². The van der Waals surface area contributed by atoms with Crippen LogP contribution in [0.4, 0.5) is 11.5 Å². The number of amides is 1. The minimum atomic E-state index is 0.0207. The number of benzene rings is 1. The van der Waals surface area contributed by atoms with Gasteiger partial charge >= 0.3 is 0 Å². The summed E-state index contributed by atoms with van der Waals surface area (Å²) in [6, 6.07) is 8.16. The molecule has 1 amide bonds. The Morgan fingerprint density at radius 3 is 2.68 bits per heavy atom. The van der Waals surface area contributed by atoms with Gasteiger partial charge in [0.05, 0.1) is 16.6 Å². The number of fused-ring (bicyclic) bond motifs is 9. The number of aromatic hydroxyl groups is 1. The quantitative estimate of drug-likeness (QED) is 0.534. The van der Waals surface area contributed by atoms with Crippen LogP contribution in [0.2, 0.25) is 0 Å². The number of carbonyl (C=O) groups excluding carboxylic acids is 1. The Morgan fingerprint density at radius 1 is 1.00 bits per heavy atom. The number of nitrogens with one attached hydrogen (secondary N) is 1. The highest BCUT2D eigenvalue weighted by Crippen LogP contribution is 2.32.